The lowest BCUT2D eigenvalue weighted by atomic mass is 9.78. The molecule has 126 valence electrons. The van der Waals surface area contributed by atoms with E-state index in [-0.39, 0.29) is 17.7 Å². The number of hydrogen-bond donors (Lipinski definition) is 2. The summed E-state index contributed by atoms with van der Waals surface area (Å²) in [5, 5.41) is 6.38. The molecule has 4 nitrogen and oxygen atoms in total. The molecule has 4 unspecified atom stereocenters. The molecule has 1 aliphatic rings. The molecule has 2 N–H and O–H groups in total. The van der Waals surface area contributed by atoms with Gasteiger partial charge in [-0.2, -0.15) is 0 Å². The molecule has 1 aromatic rings. The highest BCUT2D eigenvalue weighted by molar-refractivity contribution is 5.98. The lowest BCUT2D eigenvalue weighted by Crippen LogP contribution is -2.49. The zero-order valence-electron chi connectivity index (χ0n) is 14.6. The summed E-state index contributed by atoms with van der Waals surface area (Å²) < 4.78 is 0. The van der Waals surface area contributed by atoms with Crippen molar-refractivity contribution in [3.63, 3.8) is 0 Å². The van der Waals surface area contributed by atoms with Gasteiger partial charge in [0.1, 0.15) is 0 Å². The number of nitrogens with one attached hydrogen (secondary N) is 2. The molecule has 2 rings (SSSR count). The van der Waals surface area contributed by atoms with Gasteiger partial charge in [-0.25, -0.2) is 0 Å². The molecule has 23 heavy (non-hydrogen) atoms. The van der Waals surface area contributed by atoms with Gasteiger partial charge in [-0.15, -0.1) is 0 Å². The van der Waals surface area contributed by atoms with E-state index in [0.717, 1.165) is 6.42 Å². The molecule has 0 radical (unpaired) electrons. The molecule has 4 atom stereocenters. The lowest BCUT2D eigenvalue weighted by Gasteiger charge is -2.36. The standard InChI is InChI=1S/C19H28N2O2/c1-12-7-5-10-18(13(12)2)20-14(3)19(23)21-17-9-6-8-16(11-17)15(4)22/h6,8-9,11-14,18,20H,5,7,10H2,1-4H3,(H,21,23). The van der Waals surface area contributed by atoms with Crippen LogP contribution in [0.4, 0.5) is 5.69 Å². The molecule has 0 aromatic heterocycles. The van der Waals surface area contributed by atoms with Gasteiger partial charge in [0, 0.05) is 17.3 Å². The number of amides is 1. The average molecular weight is 316 g/mol. The summed E-state index contributed by atoms with van der Waals surface area (Å²) in [5.74, 6) is 1.22. The number of anilines is 1. The highest BCUT2D eigenvalue weighted by atomic mass is 16.2. The van der Waals surface area contributed by atoms with Crippen LogP contribution >= 0.6 is 0 Å². The molecule has 1 fully saturated rings. The van der Waals surface area contributed by atoms with Gasteiger partial charge in [0.2, 0.25) is 5.91 Å². The molecule has 1 amide bonds. The van der Waals surface area contributed by atoms with Crippen LogP contribution in [0.2, 0.25) is 0 Å². The molecule has 0 heterocycles. The van der Waals surface area contributed by atoms with E-state index in [1.807, 2.05) is 13.0 Å². The van der Waals surface area contributed by atoms with Gasteiger partial charge in [-0.05, 0) is 44.2 Å². The first kappa shape index (κ1) is 17.7. The van der Waals surface area contributed by atoms with E-state index in [9.17, 15) is 9.59 Å². The molecular weight excluding hydrogens is 288 g/mol. The van der Waals surface area contributed by atoms with Crippen LogP contribution in [0.1, 0.15) is 57.3 Å². The minimum atomic E-state index is -0.256. The van der Waals surface area contributed by atoms with Crippen molar-refractivity contribution < 1.29 is 9.59 Å². The van der Waals surface area contributed by atoms with Crippen molar-refractivity contribution in [2.24, 2.45) is 11.8 Å². The van der Waals surface area contributed by atoms with Crippen LogP contribution in [0, 0.1) is 11.8 Å². The fourth-order valence-electron chi connectivity index (χ4n) is 3.28. The monoisotopic (exact) mass is 316 g/mol. The van der Waals surface area contributed by atoms with Crippen molar-refractivity contribution in [1.29, 1.82) is 0 Å². The maximum Gasteiger partial charge on any atom is 0.241 e. The first-order valence-corrected chi connectivity index (χ1v) is 8.56. The number of Topliss-reactive ketones (excluding diaryl/α,β-unsaturated/α-hetero) is 1. The van der Waals surface area contributed by atoms with Gasteiger partial charge in [0.15, 0.2) is 5.78 Å². The maximum atomic E-state index is 12.4. The molecule has 1 saturated carbocycles. The second-order valence-corrected chi connectivity index (χ2v) is 6.89. The van der Waals surface area contributed by atoms with Gasteiger partial charge in [-0.1, -0.05) is 38.8 Å². The minimum Gasteiger partial charge on any atom is -0.325 e. The van der Waals surface area contributed by atoms with E-state index in [2.05, 4.69) is 24.5 Å². The summed E-state index contributed by atoms with van der Waals surface area (Å²) in [6.07, 6.45) is 3.62. The Kier molecular flexibility index (Phi) is 5.94. The van der Waals surface area contributed by atoms with Crippen molar-refractivity contribution in [2.45, 2.75) is 59.0 Å². The average Bonchev–Trinajstić information content (AvgIpc) is 2.52. The quantitative estimate of drug-likeness (QED) is 0.816. The Morgan fingerprint density at radius 1 is 1.22 bits per heavy atom. The molecule has 1 aromatic carbocycles. The van der Waals surface area contributed by atoms with Crippen LogP contribution in [0.5, 0.6) is 0 Å². The summed E-state index contributed by atoms with van der Waals surface area (Å²) in [5.41, 5.74) is 1.28. The zero-order chi connectivity index (χ0) is 17.0. The second kappa shape index (κ2) is 7.73. The molecule has 4 heteroatoms. The van der Waals surface area contributed by atoms with Crippen molar-refractivity contribution in [3.8, 4) is 0 Å². The fraction of sp³-hybridized carbons (Fsp3) is 0.579. The van der Waals surface area contributed by atoms with E-state index < -0.39 is 0 Å². The normalized spacial score (nSPS) is 25.7. The van der Waals surface area contributed by atoms with Gasteiger partial charge >= 0.3 is 0 Å². The molecule has 0 bridgehead atoms. The van der Waals surface area contributed by atoms with Crippen molar-refractivity contribution in [2.75, 3.05) is 5.32 Å². The van der Waals surface area contributed by atoms with Crippen LogP contribution in [-0.4, -0.2) is 23.8 Å². The van der Waals surface area contributed by atoms with Gasteiger partial charge in [0.25, 0.3) is 0 Å². The predicted molar refractivity (Wildman–Crippen MR) is 93.6 cm³/mol. The SMILES string of the molecule is CC(=O)c1cccc(NC(=O)C(C)NC2CCCC(C)C2C)c1. The van der Waals surface area contributed by atoms with Gasteiger partial charge in [-0.3, -0.25) is 9.59 Å². The van der Waals surface area contributed by atoms with E-state index in [0.29, 0.717) is 29.1 Å². The molecule has 0 saturated heterocycles. The Morgan fingerprint density at radius 2 is 1.96 bits per heavy atom. The number of ketones is 1. The maximum absolute atomic E-state index is 12.4. The van der Waals surface area contributed by atoms with Gasteiger partial charge < -0.3 is 10.6 Å². The summed E-state index contributed by atoms with van der Waals surface area (Å²) in [7, 11) is 0. The number of rotatable bonds is 5. The van der Waals surface area contributed by atoms with E-state index in [4.69, 9.17) is 0 Å². The number of carbonyl (C=O) groups excluding carboxylic acids is 2. The predicted octanol–water partition coefficient (Wildman–Crippen LogP) is 3.63. The molecule has 0 spiro atoms. The minimum absolute atomic E-state index is 0.00251. The van der Waals surface area contributed by atoms with E-state index in [1.54, 1.807) is 18.2 Å². The summed E-state index contributed by atoms with van der Waals surface area (Å²) in [6.45, 7) is 7.98. The Labute approximate surface area is 139 Å². The van der Waals surface area contributed by atoms with Gasteiger partial charge in [0.05, 0.1) is 6.04 Å². The van der Waals surface area contributed by atoms with Crippen LogP contribution in [-0.2, 0) is 4.79 Å². The number of benzene rings is 1. The third-order valence-electron chi connectivity index (χ3n) is 5.10. The number of hydrogen-bond acceptors (Lipinski definition) is 3. The topological polar surface area (TPSA) is 58.2 Å². The summed E-state index contributed by atoms with van der Waals surface area (Å²) in [4.78, 5) is 23.8. The van der Waals surface area contributed by atoms with Crippen LogP contribution in [0.25, 0.3) is 0 Å². The lowest BCUT2D eigenvalue weighted by molar-refractivity contribution is -0.118. The van der Waals surface area contributed by atoms with Crippen molar-refractivity contribution >= 4 is 17.4 Å². The summed E-state index contributed by atoms with van der Waals surface area (Å²) >= 11 is 0. The Balaban J connectivity index is 1.94. The first-order valence-electron chi connectivity index (χ1n) is 8.56. The van der Waals surface area contributed by atoms with E-state index in [1.165, 1.54) is 19.8 Å². The van der Waals surface area contributed by atoms with Crippen LogP contribution < -0.4 is 10.6 Å². The second-order valence-electron chi connectivity index (χ2n) is 6.89. The molecule has 1 aliphatic carbocycles. The molecular formula is C19H28N2O2. The largest absolute Gasteiger partial charge is 0.325 e. The highest BCUT2D eigenvalue weighted by Gasteiger charge is 2.29. The van der Waals surface area contributed by atoms with E-state index >= 15 is 0 Å². The fourth-order valence-corrected chi connectivity index (χ4v) is 3.28. The summed E-state index contributed by atoms with van der Waals surface area (Å²) in [6, 6.07) is 7.21. The molecule has 0 aliphatic heterocycles. The smallest absolute Gasteiger partial charge is 0.241 e. The Bertz CT molecular complexity index is 570. The first-order chi connectivity index (χ1) is 10.9. The van der Waals surface area contributed by atoms with Crippen LogP contribution in [0.15, 0.2) is 24.3 Å². The third kappa shape index (κ3) is 4.64. The van der Waals surface area contributed by atoms with Crippen molar-refractivity contribution in [3.05, 3.63) is 29.8 Å². The third-order valence-corrected chi connectivity index (χ3v) is 5.10. The Hall–Kier alpha value is -1.68. The Morgan fingerprint density at radius 3 is 2.65 bits per heavy atom. The number of carbonyl (C=O) groups is 2. The van der Waals surface area contributed by atoms with Crippen molar-refractivity contribution in [1.82, 2.24) is 5.32 Å². The highest BCUT2D eigenvalue weighted by Crippen LogP contribution is 2.29. The van der Waals surface area contributed by atoms with Crippen LogP contribution in [0.3, 0.4) is 0 Å². The zero-order valence-corrected chi connectivity index (χ0v) is 14.6.